The maximum absolute atomic E-state index is 10.6. The van der Waals surface area contributed by atoms with Crippen LogP contribution in [-0.2, 0) is 4.74 Å². The Morgan fingerprint density at radius 2 is 2.22 bits per heavy atom. The molecular formula is C8H10BrN3O6. The molecule has 0 saturated carbocycles. The van der Waals surface area contributed by atoms with E-state index in [9.17, 15) is 20.3 Å². The van der Waals surface area contributed by atoms with Crippen molar-refractivity contribution in [2.75, 3.05) is 6.61 Å². The largest absolute Gasteiger partial charge is 0.396 e. The number of imidazole rings is 1. The zero-order valence-electron chi connectivity index (χ0n) is 8.88. The molecule has 1 aliphatic rings. The van der Waals surface area contributed by atoms with Crippen LogP contribution in [0.5, 0.6) is 0 Å². The predicted molar refractivity (Wildman–Crippen MR) is 59.6 cm³/mol. The molecule has 10 heteroatoms. The van der Waals surface area contributed by atoms with E-state index in [1.165, 1.54) is 4.57 Å². The Morgan fingerprint density at radius 3 is 2.67 bits per heavy atom. The van der Waals surface area contributed by atoms with Crippen molar-refractivity contribution in [3.05, 3.63) is 21.0 Å². The number of halogens is 1. The highest BCUT2D eigenvalue weighted by atomic mass is 79.9. The van der Waals surface area contributed by atoms with Gasteiger partial charge in [-0.3, -0.25) is 4.57 Å². The average Bonchev–Trinajstić information content (AvgIpc) is 2.82. The normalized spacial score (nSPS) is 31.8. The van der Waals surface area contributed by atoms with Gasteiger partial charge in [-0.2, -0.15) is 0 Å². The maximum Gasteiger partial charge on any atom is 0.396 e. The van der Waals surface area contributed by atoms with E-state index in [-0.39, 0.29) is 4.60 Å². The molecule has 1 aromatic rings. The third-order valence-corrected chi connectivity index (χ3v) is 3.44. The number of rotatable bonds is 3. The lowest BCUT2D eigenvalue weighted by atomic mass is 10.1. The van der Waals surface area contributed by atoms with E-state index in [0.717, 1.165) is 6.33 Å². The average molecular weight is 324 g/mol. The molecule has 0 spiro atoms. The number of aliphatic hydroxyl groups excluding tert-OH is 3. The minimum absolute atomic E-state index is 0.0161. The summed E-state index contributed by atoms with van der Waals surface area (Å²) in [7, 11) is 0. The SMILES string of the molecule is O=[N+]([O-])c1ncn([C@@H]2O[C@H](CO)[C@@H](O)[C@H]2O)c1Br. The molecule has 1 saturated heterocycles. The maximum atomic E-state index is 10.6. The smallest absolute Gasteiger partial charge is 0.394 e. The molecule has 1 aliphatic heterocycles. The third kappa shape index (κ3) is 2.01. The summed E-state index contributed by atoms with van der Waals surface area (Å²) < 4.78 is 6.41. The molecule has 0 bridgehead atoms. The van der Waals surface area contributed by atoms with Crippen LogP contribution in [0.2, 0.25) is 0 Å². The molecule has 2 heterocycles. The highest BCUT2D eigenvalue weighted by molar-refractivity contribution is 9.10. The summed E-state index contributed by atoms with van der Waals surface area (Å²) in [5.74, 6) is -0.423. The quantitative estimate of drug-likeness (QED) is 0.488. The molecule has 1 aromatic heterocycles. The van der Waals surface area contributed by atoms with Crippen molar-refractivity contribution in [3.63, 3.8) is 0 Å². The van der Waals surface area contributed by atoms with Gasteiger partial charge in [-0.25, -0.2) is 0 Å². The van der Waals surface area contributed by atoms with Gasteiger partial charge in [-0.15, -0.1) is 0 Å². The highest BCUT2D eigenvalue weighted by Crippen LogP contribution is 2.34. The molecule has 0 unspecified atom stereocenters. The summed E-state index contributed by atoms with van der Waals surface area (Å²) in [6.07, 6.45) is -3.46. The Balaban J connectivity index is 2.30. The van der Waals surface area contributed by atoms with Crippen LogP contribution in [0.3, 0.4) is 0 Å². The Labute approximate surface area is 109 Å². The zero-order valence-corrected chi connectivity index (χ0v) is 10.5. The van der Waals surface area contributed by atoms with Crippen LogP contribution in [0.15, 0.2) is 10.9 Å². The Kier molecular flexibility index (Phi) is 3.64. The van der Waals surface area contributed by atoms with Crippen molar-refractivity contribution in [1.82, 2.24) is 9.55 Å². The first-order valence-electron chi connectivity index (χ1n) is 4.96. The van der Waals surface area contributed by atoms with Gasteiger partial charge >= 0.3 is 5.82 Å². The van der Waals surface area contributed by atoms with E-state index in [4.69, 9.17) is 9.84 Å². The van der Waals surface area contributed by atoms with Crippen LogP contribution in [0, 0.1) is 10.1 Å². The van der Waals surface area contributed by atoms with Crippen molar-refractivity contribution in [1.29, 1.82) is 0 Å². The van der Waals surface area contributed by atoms with Gasteiger partial charge in [0.1, 0.15) is 18.3 Å². The van der Waals surface area contributed by atoms with Crippen LogP contribution in [-0.4, -0.2) is 54.7 Å². The molecule has 3 N–H and O–H groups in total. The second kappa shape index (κ2) is 4.90. The first-order valence-corrected chi connectivity index (χ1v) is 5.75. The first kappa shape index (κ1) is 13.4. The van der Waals surface area contributed by atoms with Gasteiger partial charge < -0.3 is 30.2 Å². The molecule has 100 valence electrons. The monoisotopic (exact) mass is 323 g/mol. The van der Waals surface area contributed by atoms with Crippen molar-refractivity contribution < 1.29 is 25.0 Å². The number of ether oxygens (including phenoxy) is 1. The van der Waals surface area contributed by atoms with Crippen LogP contribution in [0.4, 0.5) is 5.82 Å². The lowest BCUT2D eigenvalue weighted by Gasteiger charge is -2.15. The fraction of sp³-hybridized carbons (Fsp3) is 0.625. The summed E-state index contributed by atoms with van der Waals surface area (Å²) in [6, 6.07) is 0. The number of hydrogen-bond acceptors (Lipinski definition) is 7. The van der Waals surface area contributed by atoms with Crippen LogP contribution in [0.1, 0.15) is 6.23 Å². The van der Waals surface area contributed by atoms with Crippen molar-refractivity contribution in [2.45, 2.75) is 24.5 Å². The first-order chi connectivity index (χ1) is 8.47. The fourth-order valence-electron chi connectivity index (χ4n) is 1.75. The topological polar surface area (TPSA) is 131 Å². The van der Waals surface area contributed by atoms with Crippen LogP contribution in [0.25, 0.3) is 0 Å². The van der Waals surface area contributed by atoms with E-state index >= 15 is 0 Å². The van der Waals surface area contributed by atoms with Gasteiger partial charge in [0.15, 0.2) is 10.8 Å². The second-order valence-electron chi connectivity index (χ2n) is 3.75. The van der Waals surface area contributed by atoms with E-state index in [2.05, 4.69) is 20.9 Å². The Morgan fingerprint density at radius 1 is 1.56 bits per heavy atom. The molecule has 4 atom stereocenters. The van der Waals surface area contributed by atoms with Crippen molar-refractivity contribution in [3.8, 4) is 0 Å². The molecule has 0 aromatic carbocycles. The minimum atomic E-state index is -1.31. The van der Waals surface area contributed by atoms with Crippen LogP contribution >= 0.6 is 15.9 Å². The molecule has 18 heavy (non-hydrogen) atoms. The van der Waals surface area contributed by atoms with Gasteiger partial charge in [-0.05, 0) is 25.8 Å². The predicted octanol–water partition coefficient (Wildman–Crippen LogP) is -0.835. The van der Waals surface area contributed by atoms with E-state index < -0.39 is 41.9 Å². The molecule has 9 nitrogen and oxygen atoms in total. The Hall–Kier alpha value is -1.07. The summed E-state index contributed by atoms with van der Waals surface area (Å²) >= 11 is 2.97. The summed E-state index contributed by atoms with van der Waals surface area (Å²) in [5.41, 5.74) is 0. The molecule has 0 amide bonds. The Bertz CT molecular complexity index is 466. The van der Waals surface area contributed by atoms with Gasteiger partial charge in [-0.1, -0.05) is 0 Å². The molecule has 2 rings (SSSR count). The van der Waals surface area contributed by atoms with Gasteiger partial charge in [0.25, 0.3) is 0 Å². The van der Waals surface area contributed by atoms with E-state index in [1.54, 1.807) is 0 Å². The van der Waals surface area contributed by atoms with E-state index in [1.807, 2.05) is 0 Å². The van der Waals surface area contributed by atoms with E-state index in [0.29, 0.717) is 0 Å². The minimum Gasteiger partial charge on any atom is -0.394 e. The summed E-state index contributed by atoms with van der Waals surface area (Å²) in [6.45, 7) is -0.469. The van der Waals surface area contributed by atoms with Gasteiger partial charge in [0.2, 0.25) is 6.33 Å². The van der Waals surface area contributed by atoms with Crippen molar-refractivity contribution >= 4 is 21.7 Å². The number of nitrogens with zero attached hydrogens (tertiary/aromatic N) is 3. The fourth-order valence-corrected chi connectivity index (χ4v) is 2.29. The van der Waals surface area contributed by atoms with Gasteiger partial charge in [0, 0.05) is 0 Å². The summed E-state index contributed by atoms with van der Waals surface area (Å²) in [5, 5.41) is 38.9. The molecule has 0 radical (unpaired) electrons. The third-order valence-electron chi connectivity index (χ3n) is 2.68. The van der Waals surface area contributed by atoms with Crippen LogP contribution < -0.4 is 0 Å². The number of aromatic nitrogens is 2. The molecule has 0 aliphatic carbocycles. The number of nitro groups is 1. The molecule has 1 fully saturated rings. The zero-order chi connectivity index (χ0) is 13.4. The highest BCUT2D eigenvalue weighted by Gasteiger charge is 2.45. The number of hydrogen-bond donors (Lipinski definition) is 3. The molecular weight excluding hydrogens is 314 g/mol. The number of aliphatic hydroxyl groups is 3. The summed E-state index contributed by atoms with van der Waals surface area (Å²) in [4.78, 5) is 13.5. The lowest BCUT2D eigenvalue weighted by molar-refractivity contribution is -0.390. The van der Waals surface area contributed by atoms with Crippen molar-refractivity contribution in [2.24, 2.45) is 0 Å². The standard InChI is InChI=1S/C8H10BrN3O6/c9-6-7(12(16)17)10-2-11(6)8-5(15)4(14)3(1-13)18-8/h2-5,8,13-15H,1H2/t3-,4-,5-,8-/m1/s1. The van der Waals surface area contributed by atoms with Gasteiger partial charge in [0.05, 0.1) is 6.61 Å². The second-order valence-corrected chi connectivity index (χ2v) is 4.50. The lowest BCUT2D eigenvalue weighted by Crippen LogP contribution is -2.33.